The molecule has 1 unspecified atom stereocenters. The number of likely N-dealkylation sites (N-methyl/N-ethyl adjacent to an activating group) is 1. The van der Waals surface area contributed by atoms with Crippen LogP contribution in [0.3, 0.4) is 0 Å². The molecule has 2 aromatic heterocycles. The van der Waals surface area contributed by atoms with Gasteiger partial charge in [0, 0.05) is 87.4 Å². The first-order valence-electron chi connectivity index (χ1n) is 24.1. The fourth-order valence-electron chi connectivity index (χ4n) is 10.2. The number of halogens is 1. The number of aromatic nitrogens is 3. The summed E-state index contributed by atoms with van der Waals surface area (Å²) in [5.74, 6) is -2.22. The molecule has 5 heterocycles. The molecule has 2 saturated heterocycles. The van der Waals surface area contributed by atoms with E-state index in [0.717, 1.165) is 65.3 Å². The molecule has 2 fully saturated rings. The topological polar surface area (TPSA) is 166 Å². The second-order valence-corrected chi connectivity index (χ2v) is 19.8. The van der Waals surface area contributed by atoms with Crippen molar-refractivity contribution in [1.82, 2.24) is 33.9 Å². The van der Waals surface area contributed by atoms with Crippen LogP contribution in [0, 0.1) is 13.8 Å². The largest absolute Gasteiger partial charge is 0.493 e. The number of piperazine rings is 1. The van der Waals surface area contributed by atoms with Crippen LogP contribution in [0.5, 0.6) is 11.5 Å². The molecule has 0 saturated carbocycles. The number of ether oxygens (including phenoxy) is 3. The van der Waals surface area contributed by atoms with Crippen molar-refractivity contribution in [1.29, 1.82) is 0 Å². The van der Waals surface area contributed by atoms with E-state index in [4.69, 9.17) is 30.9 Å². The van der Waals surface area contributed by atoms with Gasteiger partial charge in [-0.3, -0.25) is 43.4 Å². The smallest absolute Gasteiger partial charge is 0.355 e. The third kappa shape index (κ3) is 9.38. The van der Waals surface area contributed by atoms with Gasteiger partial charge in [-0.15, -0.1) is 0 Å². The van der Waals surface area contributed by atoms with Gasteiger partial charge in [-0.05, 0) is 89.1 Å². The van der Waals surface area contributed by atoms with Crippen LogP contribution in [0.2, 0.25) is 5.02 Å². The lowest BCUT2D eigenvalue weighted by molar-refractivity contribution is -0.149. The molecule has 71 heavy (non-hydrogen) atoms. The minimum Gasteiger partial charge on any atom is -0.493 e. The van der Waals surface area contributed by atoms with E-state index >= 15 is 0 Å². The number of nitrogens with zero attached hydrogens (tertiary/aromatic N) is 7. The van der Waals surface area contributed by atoms with Crippen LogP contribution >= 0.6 is 11.6 Å². The Morgan fingerprint density at radius 3 is 2.24 bits per heavy atom. The van der Waals surface area contributed by atoms with Gasteiger partial charge in [-0.2, -0.15) is 5.10 Å². The number of fused-ring (bicyclic) bond motifs is 3. The second kappa shape index (κ2) is 19.6. The summed E-state index contributed by atoms with van der Waals surface area (Å²) in [5, 5.41) is 8.30. The van der Waals surface area contributed by atoms with Crippen molar-refractivity contribution < 1.29 is 43.0 Å². The van der Waals surface area contributed by atoms with Gasteiger partial charge >= 0.3 is 5.97 Å². The summed E-state index contributed by atoms with van der Waals surface area (Å²) >= 11 is 7.20. The zero-order valence-corrected chi connectivity index (χ0v) is 41.9. The van der Waals surface area contributed by atoms with E-state index in [0.29, 0.717) is 69.4 Å². The molecule has 1 atom stereocenters. The van der Waals surface area contributed by atoms with Crippen LogP contribution in [-0.4, -0.2) is 134 Å². The lowest BCUT2D eigenvalue weighted by atomic mass is 9.98. The Kier molecular flexibility index (Phi) is 13.5. The molecule has 0 aliphatic carbocycles. The van der Waals surface area contributed by atoms with E-state index in [1.807, 2.05) is 88.8 Å². The fraction of sp³-hybridized carbons (Fsp3) is 0.389. The van der Waals surface area contributed by atoms with E-state index in [2.05, 4.69) is 21.6 Å². The molecule has 370 valence electrons. The van der Waals surface area contributed by atoms with Crippen molar-refractivity contribution in [2.24, 2.45) is 7.05 Å². The summed E-state index contributed by atoms with van der Waals surface area (Å²) in [7, 11) is 3.24. The number of carbonyl (C=O) groups excluding carboxylic acids is 6. The molecule has 0 radical (unpaired) electrons. The number of benzene rings is 4. The van der Waals surface area contributed by atoms with E-state index in [1.165, 1.54) is 19.2 Å². The molecule has 6 aromatic rings. The Morgan fingerprint density at radius 1 is 0.789 bits per heavy atom. The summed E-state index contributed by atoms with van der Waals surface area (Å²) in [4.78, 5) is 86.4. The number of carbonyl (C=O) groups is 6. The third-order valence-corrected chi connectivity index (χ3v) is 14.1. The zero-order chi connectivity index (χ0) is 50.5. The normalized spacial score (nSPS) is 16.7. The summed E-state index contributed by atoms with van der Waals surface area (Å²) in [6, 6.07) is 21.5. The first kappa shape index (κ1) is 49.0. The number of piperidine rings is 1. The maximum absolute atomic E-state index is 14.6. The number of hydrogen-bond acceptors (Lipinski definition) is 11. The lowest BCUT2D eigenvalue weighted by Crippen LogP contribution is -2.54. The zero-order valence-electron chi connectivity index (χ0n) is 41.2. The Morgan fingerprint density at radius 2 is 1.51 bits per heavy atom. The molecule has 17 heteroatoms. The number of likely N-dealkylation sites (tertiary alicyclic amines) is 1. The first-order valence-corrected chi connectivity index (χ1v) is 24.4. The lowest BCUT2D eigenvalue weighted by Gasteiger charge is -2.35. The van der Waals surface area contributed by atoms with Gasteiger partial charge < -0.3 is 23.7 Å². The van der Waals surface area contributed by atoms with Crippen molar-refractivity contribution in [3.8, 4) is 22.6 Å². The van der Waals surface area contributed by atoms with Gasteiger partial charge in [0.05, 0.1) is 34.0 Å². The van der Waals surface area contributed by atoms with Gasteiger partial charge in [0.25, 0.3) is 23.6 Å². The average molecular weight is 985 g/mol. The number of imide groups is 2. The molecular formula is C54H58ClN7O9. The van der Waals surface area contributed by atoms with Gasteiger partial charge in [0.1, 0.15) is 28.8 Å². The van der Waals surface area contributed by atoms with Crippen LogP contribution in [-0.2, 0) is 39.1 Å². The van der Waals surface area contributed by atoms with E-state index in [1.54, 1.807) is 11.0 Å². The Bertz CT molecular complexity index is 3140. The molecule has 3 aliphatic rings. The molecule has 4 aromatic carbocycles. The molecule has 5 amide bonds. The number of esters is 1. The summed E-state index contributed by atoms with van der Waals surface area (Å²) < 4.78 is 22.4. The summed E-state index contributed by atoms with van der Waals surface area (Å²) in [5.41, 5.74) is 4.83. The molecular weight excluding hydrogens is 926 g/mol. The van der Waals surface area contributed by atoms with E-state index in [-0.39, 0.29) is 48.1 Å². The molecule has 3 aliphatic heterocycles. The van der Waals surface area contributed by atoms with Crippen LogP contribution in [0.1, 0.15) is 88.2 Å². The average Bonchev–Trinajstić information content (AvgIpc) is 3.90. The van der Waals surface area contributed by atoms with Gasteiger partial charge in [0.15, 0.2) is 6.61 Å². The Hall–Kier alpha value is -7.04. The Balaban J connectivity index is 0.936. The maximum atomic E-state index is 14.6. The number of amides is 5. The van der Waals surface area contributed by atoms with Crippen molar-refractivity contribution in [2.45, 2.75) is 78.5 Å². The minimum atomic E-state index is -1.11. The maximum Gasteiger partial charge on any atom is 0.355 e. The van der Waals surface area contributed by atoms with Crippen LogP contribution < -0.4 is 9.47 Å². The summed E-state index contributed by atoms with van der Waals surface area (Å²) in [6.45, 7) is 12.4. The number of aryl methyl sites for hydroxylation is 3. The van der Waals surface area contributed by atoms with Crippen molar-refractivity contribution in [3.05, 3.63) is 112 Å². The van der Waals surface area contributed by atoms with Crippen molar-refractivity contribution in [2.75, 3.05) is 53.0 Å². The quantitative estimate of drug-likeness (QED) is 0.0607. The SMILES string of the molecule is Cc1nn(C)c(C)c1-c1c(Cl)ccc2c(CCCOc3cccc4ccccc34)c(C(=O)OC(C)(C)C)n(CCN3CCN(C(=O)COc4cccc5c4C(=O)N(C4CCC(=O)N(C)C4=O)C5=O)CC3)c12. The van der Waals surface area contributed by atoms with Gasteiger partial charge in [0.2, 0.25) is 5.91 Å². The van der Waals surface area contributed by atoms with E-state index < -0.39 is 35.3 Å². The third-order valence-electron chi connectivity index (χ3n) is 13.8. The molecule has 9 rings (SSSR count). The highest BCUT2D eigenvalue weighted by molar-refractivity contribution is 6.35. The van der Waals surface area contributed by atoms with Crippen LogP contribution in [0.4, 0.5) is 0 Å². The minimum absolute atomic E-state index is 0.0125. The van der Waals surface area contributed by atoms with Gasteiger partial charge in [-0.1, -0.05) is 60.1 Å². The molecule has 0 bridgehead atoms. The molecule has 16 nitrogen and oxygen atoms in total. The summed E-state index contributed by atoms with van der Waals surface area (Å²) in [6.07, 6.45) is 1.19. The monoisotopic (exact) mass is 983 g/mol. The van der Waals surface area contributed by atoms with E-state index in [9.17, 15) is 28.8 Å². The van der Waals surface area contributed by atoms with Gasteiger partial charge in [-0.25, -0.2) is 4.79 Å². The molecule has 0 spiro atoms. The number of hydrogen-bond donors (Lipinski definition) is 0. The van der Waals surface area contributed by atoms with Crippen molar-refractivity contribution >= 4 is 68.8 Å². The highest BCUT2D eigenvalue weighted by atomic mass is 35.5. The predicted octanol–water partition coefficient (Wildman–Crippen LogP) is 7.40. The highest BCUT2D eigenvalue weighted by Crippen LogP contribution is 2.43. The van der Waals surface area contributed by atoms with Crippen LogP contribution in [0.25, 0.3) is 32.8 Å². The molecule has 0 N–H and O–H groups in total. The standard InChI is InChI=1S/C54H58ClN7O9/c1-32-45(33(2)58(7)56-32)47-39(55)21-20-37-36(17-12-30-69-41-18-10-14-34-13-8-9-15-35(34)41)49(53(68)71-54(3,4)5)61(48(37)47)29-26-59-24-27-60(28-25-59)44(64)31-70-42-19-11-16-38-46(42)52(67)62(50(38)65)40-22-23-43(63)57(6)51(40)66/h8-11,13-16,18-21,40H,12,17,22-31H2,1-7H3. The second-order valence-electron chi connectivity index (χ2n) is 19.4. The first-order chi connectivity index (χ1) is 33.9. The highest BCUT2D eigenvalue weighted by Gasteiger charge is 2.47. The Labute approximate surface area is 416 Å². The van der Waals surface area contributed by atoms with Crippen LogP contribution in [0.15, 0.2) is 72.8 Å². The van der Waals surface area contributed by atoms with Crippen molar-refractivity contribution in [3.63, 3.8) is 0 Å². The number of rotatable bonds is 14. The predicted molar refractivity (Wildman–Crippen MR) is 268 cm³/mol. The fourth-order valence-corrected chi connectivity index (χ4v) is 10.4.